The third-order valence-electron chi connectivity index (χ3n) is 3.56. The first kappa shape index (κ1) is 18.1. The summed E-state index contributed by atoms with van der Waals surface area (Å²) in [5.74, 6) is -0.581. The van der Waals surface area contributed by atoms with Crippen LogP contribution in [0.3, 0.4) is 0 Å². The van der Waals surface area contributed by atoms with Crippen LogP contribution in [0.2, 0.25) is 0 Å². The van der Waals surface area contributed by atoms with Gasteiger partial charge in [0.2, 0.25) is 0 Å². The van der Waals surface area contributed by atoms with Crippen LogP contribution in [-0.4, -0.2) is 47.4 Å². The van der Waals surface area contributed by atoms with E-state index < -0.39 is 30.8 Å². The minimum atomic E-state index is -5.03. The van der Waals surface area contributed by atoms with Crippen LogP contribution in [0.5, 0.6) is 11.5 Å². The van der Waals surface area contributed by atoms with Crippen LogP contribution in [0.1, 0.15) is 19.8 Å². The molecule has 0 aliphatic carbocycles. The van der Waals surface area contributed by atoms with Gasteiger partial charge in [-0.1, -0.05) is 19.1 Å². The predicted molar refractivity (Wildman–Crippen MR) is 78.7 cm³/mol. The van der Waals surface area contributed by atoms with E-state index in [1.54, 1.807) is 25.1 Å². The fourth-order valence-corrected chi connectivity index (χ4v) is 2.24. The van der Waals surface area contributed by atoms with E-state index in [1.165, 1.54) is 13.2 Å². The van der Waals surface area contributed by atoms with Gasteiger partial charge in [0, 0.05) is 12.1 Å². The standard InChI is InChI=1S/C15H17F3N2O4/c1-3-10-8-14(22,15(16,17)18)20(19-10)13(21)9-24-12-7-5-4-6-11(12)23-2/h4-7,22H,3,8-9H2,1-2H3/t14-/m0/s1. The zero-order valence-electron chi connectivity index (χ0n) is 13.1. The second-order valence-electron chi connectivity index (χ2n) is 5.16. The van der Waals surface area contributed by atoms with Gasteiger partial charge >= 0.3 is 6.18 Å². The molecule has 2 rings (SSSR count). The Morgan fingerprint density at radius 3 is 2.54 bits per heavy atom. The molecule has 132 valence electrons. The zero-order valence-corrected chi connectivity index (χ0v) is 13.1. The van der Waals surface area contributed by atoms with Crippen LogP contribution in [0.15, 0.2) is 29.4 Å². The summed E-state index contributed by atoms with van der Waals surface area (Å²) >= 11 is 0. The Hall–Kier alpha value is -2.29. The normalized spacial score (nSPS) is 20.8. The molecule has 0 unspecified atom stereocenters. The first-order valence-corrected chi connectivity index (χ1v) is 7.17. The third kappa shape index (κ3) is 3.30. The van der Waals surface area contributed by atoms with Crippen LogP contribution in [-0.2, 0) is 4.79 Å². The number of carbonyl (C=O) groups is 1. The van der Waals surface area contributed by atoms with Crippen molar-refractivity contribution in [1.82, 2.24) is 5.01 Å². The van der Waals surface area contributed by atoms with Gasteiger partial charge in [-0.3, -0.25) is 4.79 Å². The molecule has 6 nitrogen and oxygen atoms in total. The van der Waals surface area contributed by atoms with Crippen LogP contribution in [0.4, 0.5) is 13.2 Å². The lowest BCUT2D eigenvalue weighted by molar-refractivity contribution is -0.302. The summed E-state index contributed by atoms with van der Waals surface area (Å²) < 4.78 is 49.7. The molecular formula is C15H17F3N2O4. The lowest BCUT2D eigenvalue weighted by atomic mass is 10.1. The van der Waals surface area contributed by atoms with Gasteiger partial charge in [0.1, 0.15) is 0 Å². The number of nitrogens with zero attached hydrogens (tertiary/aromatic N) is 2. The van der Waals surface area contributed by atoms with Gasteiger partial charge in [-0.2, -0.15) is 23.3 Å². The summed E-state index contributed by atoms with van der Waals surface area (Å²) in [5, 5.41) is 13.6. The number of methoxy groups -OCH3 is 1. The van der Waals surface area contributed by atoms with Crippen LogP contribution < -0.4 is 9.47 Å². The number of alkyl halides is 3. The van der Waals surface area contributed by atoms with Gasteiger partial charge in [-0.05, 0) is 18.6 Å². The maximum absolute atomic E-state index is 13.2. The molecule has 0 saturated heterocycles. The van der Waals surface area contributed by atoms with E-state index >= 15 is 0 Å². The number of carbonyl (C=O) groups excluding carboxylic acids is 1. The molecular weight excluding hydrogens is 329 g/mol. The fraction of sp³-hybridized carbons (Fsp3) is 0.467. The van der Waals surface area contributed by atoms with Gasteiger partial charge < -0.3 is 14.6 Å². The van der Waals surface area contributed by atoms with Crippen molar-refractivity contribution in [2.45, 2.75) is 31.7 Å². The number of amides is 1. The third-order valence-corrected chi connectivity index (χ3v) is 3.56. The Kier molecular flexibility index (Phi) is 5.02. The number of ether oxygens (including phenoxy) is 2. The van der Waals surface area contributed by atoms with Crippen molar-refractivity contribution in [1.29, 1.82) is 0 Å². The van der Waals surface area contributed by atoms with Crippen molar-refractivity contribution >= 4 is 11.6 Å². The maximum atomic E-state index is 13.2. The summed E-state index contributed by atoms with van der Waals surface area (Å²) in [6.45, 7) is 0.869. The second-order valence-corrected chi connectivity index (χ2v) is 5.16. The van der Waals surface area contributed by atoms with Crippen molar-refractivity contribution in [3.05, 3.63) is 24.3 Å². The lowest BCUT2D eigenvalue weighted by Crippen LogP contribution is -2.57. The molecule has 1 amide bonds. The Labute approximate surface area is 136 Å². The molecule has 1 aromatic carbocycles. The van der Waals surface area contributed by atoms with Crippen molar-refractivity contribution in [3.63, 3.8) is 0 Å². The minimum absolute atomic E-state index is 0.0568. The number of aliphatic hydroxyl groups is 1. The number of hydrogen-bond donors (Lipinski definition) is 1. The molecule has 1 heterocycles. The maximum Gasteiger partial charge on any atom is 0.438 e. The topological polar surface area (TPSA) is 71.4 Å². The quantitative estimate of drug-likeness (QED) is 0.888. The van der Waals surface area contributed by atoms with E-state index in [0.717, 1.165) is 0 Å². The molecule has 1 aromatic rings. The average Bonchev–Trinajstić information content (AvgIpc) is 2.91. The van der Waals surface area contributed by atoms with E-state index in [1.807, 2.05) is 0 Å². The molecule has 0 aromatic heterocycles. The number of halogens is 3. The highest BCUT2D eigenvalue weighted by Crippen LogP contribution is 2.40. The SMILES string of the molecule is CCC1=NN(C(=O)COc2ccccc2OC)[C@@](O)(C(F)(F)F)C1. The van der Waals surface area contributed by atoms with Crippen LogP contribution in [0, 0.1) is 0 Å². The molecule has 0 radical (unpaired) electrons. The highest BCUT2D eigenvalue weighted by molar-refractivity contribution is 5.91. The summed E-state index contributed by atoms with van der Waals surface area (Å²) in [5.41, 5.74) is -3.26. The summed E-state index contributed by atoms with van der Waals surface area (Å²) in [4.78, 5) is 12.1. The monoisotopic (exact) mass is 346 g/mol. The number of para-hydroxylation sites is 2. The number of rotatable bonds is 5. The summed E-state index contributed by atoms with van der Waals surface area (Å²) in [6.07, 6.45) is -5.61. The molecule has 1 atom stereocenters. The van der Waals surface area contributed by atoms with Gasteiger partial charge in [0.05, 0.1) is 7.11 Å². The largest absolute Gasteiger partial charge is 0.493 e. The van der Waals surface area contributed by atoms with E-state index in [9.17, 15) is 23.1 Å². The number of hydrazone groups is 1. The Bertz CT molecular complexity index is 648. The van der Waals surface area contributed by atoms with E-state index in [0.29, 0.717) is 5.75 Å². The lowest BCUT2D eigenvalue weighted by Gasteiger charge is -2.32. The first-order valence-electron chi connectivity index (χ1n) is 7.17. The summed E-state index contributed by atoms with van der Waals surface area (Å²) in [7, 11) is 1.39. The van der Waals surface area contributed by atoms with Gasteiger partial charge in [0.25, 0.3) is 11.6 Å². The highest BCUT2D eigenvalue weighted by Gasteiger charge is 2.62. The molecule has 1 aliphatic rings. The molecule has 0 saturated carbocycles. The molecule has 1 N–H and O–H groups in total. The fourth-order valence-electron chi connectivity index (χ4n) is 2.24. The van der Waals surface area contributed by atoms with Crippen molar-refractivity contribution in [2.24, 2.45) is 5.10 Å². The van der Waals surface area contributed by atoms with Crippen molar-refractivity contribution < 1.29 is 32.5 Å². The smallest absolute Gasteiger partial charge is 0.438 e. The number of hydrogen-bond acceptors (Lipinski definition) is 5. The summed E-state index contributed by atoms with van der Waals surface area (Å²) in [6, 6.07) is 6.38. The van der Waals surface area contributed by atoms with Crippen molar-refractivity contribution in [3.8, 4) is 11.5 Å². The Morgan fingerprint density at radius 1 is 1.38 bits per heavy atom. The predicted octanol–water partition coefficient (Wildman–Crippen LogP) is 2.32. The van der Waals surface area contributed by atoms with E-state index in [4.69, 9.17) is 9.47 Å². The van der Waals surface area contributed by atoms with Crippen molar-refractivity contribution in [2.75, 3.05) is 13.7 Å². The Morgan fingerprint density at radius 2 is 2.00 bits per heavy atom. The van der Waals surface area contributed by atoms with Crippen LogP contribution in [0.25, 0.3) is 0 Å². The van der Waals surface area contributed by atoms with Gasteiger partial charge in [-0.25, -0.2) is 0 Å². The molecule has 0 bridgehead atoms. The van der Waals surface area contributed by atoms with E-state index in [-0.39, 0.29) is 22.9 Å². The molecule has 9 heteroatoms. The second kappa shape index (κ2) is 6.68. The van der Waals surface area contributed by atoms with Gasteiger partial charge in [-0.15, -0.1) is 0 Å². The molecule has 0 spiro atoms. The minimum Gasteiger partial charge on any atom is -0.493 e. The molecule has 24 heavy (non-hydrogen) atoms. The first-order chi connectivity index (χ1) is 11.2. The van der Waals surface area contributed by atoms with E-state index in [2.05, 4.69) is 5.10 Å². The van der Waals surface area contributed by atoms with Crippen LogP contribution >= 0.6 is 0 Å². The number of benzene rings is 1. The average molecular weight is 346 g/mol. The zero-order chi connectivity index (χ0) is 18.0. The Balaban J connectivity index is 2.16. The van der Waals surface area contributed by atoms with Gasteiger partial charge in [0.15, 0.2) is 18.1 Å². The molecule has 1 aliphatic heterocycles. The highest BCUT2D eigenvalue weighted by atomic mass is 19.4. The molecule has 0 fully saturated rings.